The van der Waals surface area contributed by atoms with Crippen LogP contribution in [-0.2, 0) is 0 Å². The van der Waals surface area contributed by atoms with Gasteiger partial charge in [0.2, 0.25) is 0 Å². The van der Waals surface area contributed by atoms with Crippen LogP contribution in [-0.4, -0.2) is 10.5 Å². The predicted octanol–water partition coefficient (Wildman–Crippen LogP) is 5.19. The van der Waals surface area contributed by atoms with Crippen molar-refractivity contribution in [2.45, 2.75) is 19.9 Å². The summed E-state index contributed by atoms with van der Waals surface area (Å²) in [5, 5.41) is 5.62. The second kappa shape index (κ2) is 5.54. The molecular weight excluding hydrogens is 304 g/mol. The number of nitrogens with one attached hydrogen (secondary N) is 1. The van der Waals surface area contributed by atoms with Gasteiger partial charge < -0.3 is 9.88 Å². The number of carbonyl (C=O) groups is 1. The molecule has 0 aliphatic carbocycles. The highest BCUT2D eigenvalue weighted by Crippen LogP contribution is 2.29. The van der Waals surface area contributed by atoms with E-state index in [0.29, 0.717) is 10.7 Å². The van der Waals surface area contributed by atoms with Gasteiger partial charge in [-0.15, -0.1) is 11.3 Å². The Morgan fingerprint density at radius 2 is 1.95 bits per heavy atom. The third-order valence-corrected chi connectivity index (χ3v) is 4.42. The molecule has 0 atom stereocenters. The van der Waals surface area contributed by atoms with Gasteiger partial charge in [0.1, 0.15) is 5.69 Å². The quantitative estimate of drug-likeness (QED) is 0.708. The van der Waals surface area contributed by atoms with Crippen LogP contribution in [0.25, 0.3) is 10.2 Å². The van der Waals surface area contributed by atoms with Gasteiger partial charge in [0, 0.05) is 16.8 Å². The van der Waals surface area contributed by atoms with Gasteiger partial charge in [-0.25, -0.2) is 0 Å². The summed E-state index contributed by atoms with van der Waals surface area (Å²) in [6.45, 7) is 4.16. The minimum atomic E-state index is -0.102. The van der Waals surface area contributed by atoms with Crippen LogP contribution in [0.5, 0.6) is 0 Å². The van der Waals surface area contributed by atoms with Crippen molar-refractivity contribution in [3.63, 3.8) is 0 Å². The summed E-state index contributed by atoms with van der Waals surface area (Å²) in [5.74, 6) is -0.102. The second-order valence-electron chi connectivity index (χ2n) is 5.12. The molecular formula is C16H15ClN2OS. The smallest absolute Gasteiger partial charge is 0.272 e. The molecule has 1 amide bonds. The molecule has 0 bridgehead atoms. The molecule has 0 aliphatic heterocycles. The average molecular weight is 319 g/mol. The first kappa shape index (κ1) is 14.2. The van der Waals surface area contributed by atoms with E-state index in [1.807, 2.05) is 11.4 Å². The number of carbonyl (C=O) groups excluding carboxylic acids is 1. The number of aromatic nitrogens is 1. The van der Waals surface area contributed by atoms with Gasteiger partial charge >= 0.3 is 0 Å². The van der Waals surface area contributed by atoms with Gasteiger partial charge in [-0.05, 0) is 55.6 Å². The van der Waals surface area contributed by atoms with Crippen LogP contribution in [0.3, 0.4) is 0 Å². The van der Waals surface area contributed by atoms with Crippen LogP contribution in [0.15, 0.2) is 41.8 Å². The molecule has 1 aromatic carbocycles. The van der Waals surface area contributed by atoms with Gasteiger partial charge in [-0.2, -0.15) is 0 Å². The first-order valence-electron chi connectivity index (χ1n) is 6.71. The maximum atomic E-state index is 12.5. The Kier molecular flexibility index (Phi) is 3.74. The van der Waals surface area contributed by atoms with Crippen LogP contribution in [0.1, 0.15) is 30.4 Å². The highest BCUT2D eigenvalue weighted by Gasteiger charge is 2.18. The lowest BCUT2D eigenvalue weighted by Gasteiger charge is -2.14. The fourth-order valence-corrected chi connectivity index (χ4v) is 3.34. The minimum absolute atomic E-state index is 0.102. The second-order valence-corrected chi connectivity index (χ2v) is 6.51. The molecule has 0 saturated heterocycles. The zero-order valence-corrected chi connectivity index (χ0v) is 13.3. The highest BCUT2D eigenvalue weighted by atomic mass is 35.5. The van der Waals surface area contributed by atoms with E-state index in [1.54, 1.807) is 35.6 Å². The van der Waals surface area contributed by atoms with Crippen molar-refractivity contribution in [2.24, 2.45) is 0 Å². The van der Waals surface area contributed by atoms with Gasteiger partial charge in [0.15, 0.2) is 0 Å². The first-order chi connectivity index (χ1) is 10.1. The highest BCUT2D eigenvalue weighted by molar-refractivity contribution is 7.17. The topological polar surface area (TPSA) is 34.0 Å². The van der Waals surface area contributed by atoms with E-state index >= 15 is 0 Å². The van der Waals surface area contributed by atoms with Gasteiger partial charge in [0.05, 0.1) is 10.2 Å². The van der Waals surface area contributed by atoms with E-state index < -0.39 is 0 Å². The largest absolute Gasteiger partial charge is 0.333 e. The summed E-state index contributed by atoms with van der Waals surface area (Å²) in [6, 6.07) is 11.3. The molecule has 0 aliphatic rings. The van der Waals surface area contributed by atoms with Crippen molar-refractivity contribution in [3.05, 3.63) is 52.5 Å². The average Bonchev–Trinajstić information content (AvgIpc) is 3.00. The lowest BCUT2D eigenvalue weighted by Crippen LogP contribution is -2.18. The third-order valence-electron chi connectivity index (χ3n) is 3.31. The summed E-state index contributed by atoms with van der Waals surface area (Å²) in [4.78, 5) is 12.5. The SMILES string of the molecule is CC(C)n1c(C(=O)Nc2ccc(Cl)cc2)cc2sccc21. The molecule has 3 rings (SSSR count). The Balaban J connectivity index is 1.95. The lowest BCUT2D eigenvalue weighted by molar-refractivity contribution is 0.101. The number of halogens is 1. The molecule has 0 saturated carbocycles. The fraction of sp³-hybridized carbons (Fsp3) is 0.188. The molecule has 0 unspecified atom stereocenters. The Hall–Kier alpha value is -1.78. The van der Waals surface area contributed by atoms with Crippen molar-refractivity contribution < 1.29 is 4.79 Å². The molecule has 3 aromatic rings. The number of hydrogen-bond donors (Lipinski definition) is 1. The summed E-state index contributed by atoms with van der Waals surface area (Å²) in [7, 11) is 0. The summed E-state index contributed by atoms with van der Waals surface area (Å²) < 4.78 is 3.20. The van der Waals surface area contributed by atoms with Gasteiger partial charge in [0.25, 0.3) is 5.91 Å². The molecule has 21 heavy (non-hydrogen) atoms. The van der Waals surface area contributed by atoms with E-state index in [1.165, 1.54) is 0 Å². The maximum Gasteiger partial charge on any atom is 0.272 e. The molecule has 0 fully saturated rings. The minimum Gasteiger partial charge on any atom is -0.333 e. The van der Waals surface area contributed by atoms with Gasteiger partial charge in [-0.1, -0.05) is 11.6 Å². The van der Waals surface area contributed by atoms with Crippen LogP contribution in [0.2, 0.25) is 5.02 Å². The van der Waals surface area contributed by atoms with Crippen LogP contribution < -0.4 is 5.32 Å². The monoisotopic (exact) mass is 318 g/mol. The van der Waals surface area contributed by atoms with Crippen LogP contribution >= 0.6 is 22.9 Å². The van der Waals surface area contributed by atoms with Crippen molar-refractivity contribution in [2.75, 3.05) is 5.32 Å². The van der Waals surface area contributed by atoms with Crippen LogP contribution in [0, 0.1) is 0 Å². The number of rotatable bonds is 3. The first-order valence-corrected chi connectivity index (χ1v) is 7.97. The maximum absolute atomic E-state index is 12.5. The van der Waals surface area contributed by atoms with E-state index in [2.05, 4.69) is 29.8 Å². The Morgan fingerprint density at radius 1 is 1.24 bits per heavy atom. The molecule has 108 valence electrons. The molecule has 2 aromatic heterocycles. The van der Waals surface area contributed by atoms with Crippen molar-refractivity contribution in [3.8, 4) is 0 Å². The number of fused-ring (bicyclic) bond motifs is 1. The fourth-order valence-electron chi connectivity index (χ4n) is 2.40. The predicted molar refractivity (Wildman–Crippen MR) is 89.6 cm³/mol. The number of benzene rings is 1. The van der Waals surface area contributed by atoms with E-state index in [9.17, 15) is 4.79 Å². The number of amides is 1. The Bertz CT molecular complexity index is 786. The Labute approximate surface area is 132 Å². The molecule has 1 N–H and O–H groups in total. The molecule has 0 spiro atoms. The van der Waals surface area contributed by atoms with Crippen LogP contribution in [0.4, 0.5) is 5.69 Å². The number of thiophene rings is 1. The zero-order chi connectivity index (χ0) is 15.0. The lowest BCUT2D eigenvalue weighted by atomic mass is 10.3. The van der Waals surface area contributed by atoms with Crippen molar-refractivity contribution in [1.82, 2.24) is 4.57 Å². The van der Waals surface area contributed by atoms with Crippen molar-refractivity contribution >= 4 is 44.7 Å². The zero-order valence-electron chi connectivity index (χ0n) is 11.8. The molecule has 5 heteroatoms. The van der Waals surface area contributed by atoms with Gasteiger partial charge in [-0.3, -0.25) is 4.79 Å². The summed E-state index contributed by atoms with van der Waals surface area (Å²) in [6.07, 6.45) is 0. The third kappa shape index (κ3) is 2.69. The number of hydrogen-bond acceptors (Lipinski definition) is 2. The summed E-state index contributed by atoms with van der Waals surface area (Å²) in [5.41, 5.74) is 2.53. The summed E-state index contributed by atoms with van der Waals surface area (Å²) >= 11 is 7.50. The molecule has 3 nitrogen and oxygen atoms in total. The van der Waals surface area contributed by atoms with E-state index in [0.717, 1.165) is 15.9 Å². The number of nitrogens with zero attached hydrogens (tertiary/aromatic N) is 1. The molecule has 0 radical (unpaired) electrons. The standard InChI is InChI=1S/C16H15ClN2OS/c1-10(2)19-13-7-8-21-15(13)9-14(19)16(20)18-12-5-3-11(17)4-6-12/h3-10H,1-2H3,(H,18,20). The van der Waals surface area contributed by atoms with Crippen molar-refractivity contribution in [1.29, 1.82) is 0 Å². The van der Waals surface area contributed by atoms with E-state index in [-0.39, 0.29) is 11.9 Å². The molecule has 2 heterocycles. The normalized spacial score (nSPS) is 11.2. The number of anilines is 1. The van der Waals surface area contributed by atoms with E-state index in [4.69, 9.17) is 11.6 Å². The Morgan fingerprint density at radius 3 is 2.62 bits per heavy atom.